The standard InChI is InChI=1S/C18H22F5N5S/c1-9-17(25-18(29)24-6-5-7-27(3)4)10(2)28(26-9)8-11-12(19)14(21)16(23)15(22)13(11)20/h5-8H2,1-4H3,(H2,24,25,29). The van der Waals surface area contributed by atoms with Crippen molar-refractivity contribution in [1.29, 1.82) is 0 Å². The minimum absolute atomic E-state index is 0.339. The van der Waals surface area contributed by atoms with Crippen LogP contribution in [0.1, 0.15) is 23.4 Å². The highest BCUT2D eigenvalue weighted by atomic mass is 32.1. The summed E-state index contributed by atoms with van der Waals surface area (Å²) in [5.74, 6) is -9.91. The van der Waals surface area contributed by atoms with E-state index in [4.69, 9.17) is 12.2 Å². The smallest absolute Gasteiger partial charge is 0.200 e. The zero-order chi connectivity index (χ0) is 21.9. The molecular weight excluding hydrogens is 413 g/mol. The molecule has 0 aliphatic heterocycles. The van der Waals surface area contributed by atoms with Crippen LogP contribution in [-0.4, -0.2) is 47.0 Å². The van der Waals surface area contributed by atoms with Gasteiger partial charge in [-0.2, -0.15) is 5.10 Å². The van der Waals surface area contributed by atoms with E-state index in [1.54, 1.807) is 13.8 Å². The summed E-state index contributed by atoms with van der Waals surface area (Å²) in [4.78, 5) is 2.04. The summed E-state index contributed by atoms with van der Waals surface area (Å²) in [5, 5.41) is 10.5. The minimum atomic E-state index is -2.19. The quantitative estimate of drug-likeness (QED) is 0.229. The summed E-state index contributed by atoms with van der Waals surface area (Å²) in [6, 6.07) is 0. The highest BCUT2D eigenvalue weighted by molar-refractivity contribution is 7.80. The van der Waals surface area contributed by atoms with Crippen molar-refractivity contribution >= 4 is 23.0 Å². The molecule has 1 aromatic heterocycles. The van der Waals surface area contributed by atoms with E-state index in [2.05, 4.69) is 15.7 Å². The van der Waals surface area contributed by atoms with E-state index in [9.17, 15) is 22.0 Å². The number of hydrogen-bond donors (Lipinski definition) is 2. The number of halogens is 5. The van der Waals surface area contributed by atoms with Crippen LogP contribution in [0.15, 0.2) is 0 Å². The summed E-state index contributed by atoms with van der Waals surface area (Å²) in [5.41, 5.74) is 0.439. The van der Waals surface area contributed by atoms with E-state index in [0.29, 0.717) is 28.7 Å². The summed E-state index contributed by atoms with van der Waals surface area (Å²) >= 11 is 5.23. The molecule has 0 aliphatic carbocycles. The second-order valence-electron chi connectivity index (χ2n) is 6.79. The van der Waals surface area contributed by atoms with Crippen molar-refractivity contribution in [2.45, 2.75) is 26.8 Å². The van der Waals surface area contributed by atoms with E-state index in [1.165, 1.54) is 0 Å². The first-order chi connectivity index (χ1) is 13.5. The molecule has 0 amide bonds. The van der Waals surface area contributed by atoms with Crippen LogP contribution in [0.25, 0.3) is 0 Å². The predicted octanol–water partition coefficient (Wildman–Crippen LogP) is 3.48. The van der Waals surface area contributed by atoms with E-state index >= 15 is 0 Å². The Bertz CT molecular complexity index is 884. The molecule has 0 unspecified atom stereocenters. The molecule has 29 heavy (non-hydrogen) atoms. The molecule has 0 aliphatic rings. The largest absolute Gasteiger partial charge is 0.362 e. The van der Waals surface area contributed by atoms with Gasteiger partial charge in [-0.15, -0.1) is 0 Å². The van der Waals surface area contributed by atoms with E-state index in [-0.39, 0.29) is 0 Å². The zero-order valence-corrected chi connectivity index (χ0v) is 17.3. The number of rotatable bonds is 7. The van der Waals surface area contributed by atoms with Crippen molar-refractivity contribution in [2.24, 2.45) is 0 Å². The van der Waals surface area contributed by atoms with Gasteiger partial charge in [0.1, 0.15) is 0 Å². The van der Waals surface area contributed by atoms with Gasteiger partial charge < -0.3 is 15.5 Å². The monoisotopic (exact) mass is 435 g/mol. The van der Waals surface area contributed by atoms with Gasteiger partial charge in [-0.25, -0.2) is 22.0 Å². The summed E-state index contributed by atoms with van der Waals surface area (Å²) in [6.45, 7) is 4.14. The van der Waals surface area contributed by atoms with E-state index in [0.717, 1.165) is 17.6 Å². The third kappa shape index (κ3) is 5.21. The van der Waals surface area contributed by atoms with E-state index in [1.807, 2.05) is 19.0 Å². The number of nitrogens with zero attached hydrogens (tertiary/aromatic N) is 3. The number of aryl methyl sites for hydroxylation is 1. The third-order valence-corrected chi connectivity index (χ3v) is 4.54. The number of nitrogens with one attached hydrogen (secondary N) is 2. The van der Waals surface area contributed by atoms with Crippen LogP contribution in [0.3, 0.4) is 0 Å². The summed E-state index contributed by atoms with van der Waals surface area (Å²) < 4.78 is 69.1. The SMILES string of the molecule is Cc1nn(Cc2c(F)c(F)c(F)c(F)c2F)c(C)c1NC(=S)NCCCN(C)C. The van der Waals surface area contributed by atoms with Gasteiger partial charge in [0.15, 0.2) is 28.4 Å². The first-order valence-corrected chi connectivity index (χ1v) is 9.19. The molecule has 0 saturated carbocycles. The van der Waals surface area contributed by atoms with Gasteiger partial charge in [0.25, 0.3) is 0 Å². The molecule has 2 rings (SSSR count). The van der Waals surface area contributed by atoms with Crippen molar-refractivity contribution in [1.82, 2.24) is 20.0 Å². The highest BCUT2D eigenvalue weighted by Gasteiger charge is 2.26. The average Bonchev–Trinajstić information content (AvgIpc) is 2.92. The Morgan fingerprint density at radius 2 is 1.55 bits per heavy atom. The van der Waals surface area contributed by atoms with Gasteiger partial charge in [-0.05, 0) is 53.1 Å². The zero-order valence-electron chi connectivity index (χ0n) is 16.5. The Hall–Kier alpha value is -2.27. The Morgan fingerprint density at radius 1 is 1.00 bits per heavy atom. The first-order valence-electron chi connectivity index (χ1n) is 8.78. The average molecular weight is 435 g/mol. The number of thiocarbonyl (C=S) groups is 1. The highest BCUT2D eigenvalue weighted by Crippen LogP contribution is 2.26. The topological polar surface area (TPSA) is 45.1 Å². The van der Waals surface area contributed by atoms with Crippen LogP contribution < -0.4 is 10.6 Å². The molecule has 11 heteroatoms. The van der Waals surface area contributed by atoms with Gasteiger partial charge in [0, 0.05) is 6.54 Å². The maximum absolute atomic E-state index is 14.0. The molecule has 0 radical (unpaired) electrons. The Balaban J connectivity index is 2.17. The Morgan fingerprint density at radius 3 is 2.10 bits per heavy atom. The molecule has 0 spiro atoms. The molecular formula is C18H22F5N5S. The van der Waals surface area contributed by atoms with Gasteiger partial charge >= 0.3 is 0 Å². The van der Waals surface area contributed by atoms with Crippen LogP contribution in [0.5, 0.6) is 0 Å². The van der Waals surface area contributed by atoms with Gasteiger partial charge in [-0.3, -0.25) is 4.68 Å². The minimum Gasteiger partial charge on any atom is -0.362 e. The Kier molecular flexibility index (Phi) is 7.53. The number of anilines is 1. The summed E-state index contributed by atoms with van der Waals surface area (Å²) in [6.07, 6.45) is 0.867. The number of benzene rings is 1. The fourth-order valence-corrected chi connectivity index (χ4v) is 2.93. The van der Waals surface area contributed by atoms with E-state index < -0.39 is 41.2 Å². The molecule has 2 N–H and O–H groups in total. The van der Waals surface area contributed by atoms with Crippen LogP contribution in [0.2, 0.25) is 0 Å². The first kappa shape index (κ1) is 23.0. The molecule has 1 aromatic carbocycles. The predicted molar refractivity (Wildman–Crippen MR) is 104 cm³/mol. The normalized spacial score (nSPS) is 11.2. The number of aromatic nitrogens is 2. The van der Waals surface area contributed by atoms with Crippen molar-refractivity contribution in [3.63, 3.8) is 0 Å². The molecule has 5 nitrogen and oxygen atoms in total. The van der Waals surface area contributed by atoms with Crippen LogP contribution in [0, 0.1) is 42.9 Å². The van der Waals surface area contributed by atoms with Crippen molar-refractivity contribution in [3.05, 3.63) is 46.0 Å². The molecule has 0 atom stereocenters. The summed E-state index contributed by atoms with van der Waals surface area (Å²) in [7, 11) is 3.92. The third-order valence-electron chi connectivity index (χ3n) is 4.30. The molecule has 0 bridgehead atoms. The maximum atomic E-state index is 14.0. The lowest BCUT2D eigenvalue weighted by molar-refractivity contribution is 0.366. The van der Waals surface area contributed by atoms with Crippen LogP contribution in [0.4, 0.5) is 27.6 Å². The van der Waals surface area contributed by atoms with Crippen molar-refractivity contribution in [3.8, 4) is 0 Å². The lowest BCUT2D eigenvalue weighted by Gasteiger charge is -2.13. The second-order valence-corrected chi connectivity index (χ2v) is 7.20. The molecule has 0 fully saturated rings. The van der Waals surface area contributed by atoms with Crippen molar-refractivity contribution < 1.29 is 22.0 Å². The van der Waals surface area contributed by atoms with Gasteiger partial charge in [-0.1, -0.05) is 0 Å². The Labute approximate surface area is 170 Å². The lowest BCUT2D eigenvalue weighted by Crippen LogP contribution is -2.31. The van der Waals surface area contributed by atoms with Crippen LogP contribution in [-0.2, 0) is 6.54 Å². The van der Waals surface area contributed by atoms with Crippen molar-refractivity contribution in [2.75, 3.05) is 32.5 Å². The molecule has 2 aromatic rings. The molecule has 0 saturated heterocycles. The van der Waals surface area contributed by atoms with Gasteiger partial charge in [0.05, 0.1) is 29.2 Å². The fourth-order valence-electron chi connectivity index (χ4n) is 2.73. The van der Waals surface area contributed by atoms with Gasteiger partial charge in [0.2, 0.25) is 5.82 Å². The molecule has 160 valence electrons. The maximum Gasteiger partial charge on any atom is 0.200 e. The molecule has 1 heterocycles. The van der Waals surface area contributed by atoms with Crippen LogP contribution >= 0.6 is 12.2 Å². The second kappa shape index (κ2) is 9.49. The number of hydrogen-bond acceptors (Lipinski definition) is 3. The fraction of sp³-hybridized carbons (Fsp3) is 0.444. The lowest BCUT2D eigenvalue weighted by atomic mass is 10.1.